The summed E-state index contributed by atoms with van der Waals surface area (Å²) in [6.07, 6.45) is 7.50. The maximum Gasteiger partial charge on any atom is 0.251 e. The number of likely N-dealkylation sites (tertiary alicyclic amines) is 1. The number of thioether (sulfide) groups is 1. The number of nitrogens with one attached hydrogen (secondary N) is 1. The first-order valence-electron chi connectivity index (χ1n) is 10.3. The Balaban J connectivity index is 1.43. The van der Waals surface area contributed by atoms with Crippen molar-refractivity contribution in [1.82, 2.24) is 15.2 Å². The maximum absolute atomic E-state index is 12.3. The smallest absolute Gasteiger partial charge is 0.251 e. The number of benzene rings is 1. The largest absolute Gasteiger partial charge is 0.490 e. The van der Waals surface area contributed by atoms with E-state index in [1.165, 1.54) is 12.2 Å². The van der Waals surface area contributed by atoms with Gasteiger partial charge in [0.05, 0.1) is 12.2 Å². The lowest BCUT2D eigenvalue weighted by atomic mass is 10.0. The summed E-state index contributed by atoms with van der Waals surface area (Å²) >= 11 is 1.92. The third kappa shape index (κ3) is 6.75. The topological polar surface area (TPSA) is 54.5 Å². The Hall–Kier alpha value is -2.05. The second-order valence-corrected chi connectivity index (χ2v) is 8.50. The predicted molar refractivity (Wildman–Crippen MR) is 120 cm³/mol. The molecule has 29 heavy (non-hydrogen) atoms. The molecule has 3 rings (SSSR count). The van der Waals surface area contributed by atoms with E-state index in [0.29, 0.717) is 18.2 Å². The molecule has 2 aromatic rings. The van der Waals surface area contributed by atoms with Gasteiger partial charge in [-0.15, -0.1) is 0 Å². The Bertz CT molecular complexity index is 746. The molecule has 0 radical (unpaired) electrons. The number of hydrogen-bond acceptors (Lipinski definition) is 5. The minimum atomic E-state index is -0.102. The number of carbonyl (C=O) groups excluding carboxylic acids is 1. The van der Waals surface area contributed by atoms with Gasteiger partial charge in [-0.1, -0.05) is 6.07 Å². The van der Waals surface area contributed by atoms with Gasteiger partial charge in [-0.05, 0) is 74.6 Å². The summed E-state index contributed by atoms with van der Waals surface area (Å²) in [5.74, 6) is 1.95. The molecule has 1 fully saturated rings. The minimum Gasteiger partial charge on any atom is -0.490 e. The SMILES string of the molecule is CSCCC(C)N1CCC(Oc2ccc(C(=O)NCc3ccccn3)cc2)CC1. The molecule has 1 atom stereocenters. The average Bonchev–Trinajstić information content (AvgIpc) is 2.77. The summed E-state index contributed by atoms with van der Waals surface area (Å²) in [5, 5.41) is 2.90. The van der Waals surface area contributed by atoms with Crippen LogP contribution in [0.25, 0.3) is 0 Å². The van der Waals surface area contributed by atoms with Crippen molar-refractivity contribution in [3.8, 4) is 5.75 Å². The summed E-state index contributed by atoms with van der Waals surface area (Å²) in [6, 6.07) is 13.7. The highest BCUT2D eigenvalue weighted by atomic mass is 32.2. The molecule has 1 amide bonds. The van der Waals surface area contributed by atoms with Crippen LogP contribution >= 0.6 is 11.8 Å². The van der Waals surface area contributed by atoms with Gasteiger partial charge < -0.3 is 15.0 Å². The summed E-state index contributed by atoms with van der Waals surface area (Å²) < 4.78 is 6.16. The number of piperidine rings is 1. The molecule has 1 N–H and O–H groups in total. The van der Waals surface area contributed by atoms with Gasteiger partial charge in [-0.3, -0.25) is 9.78 Å². The van der Waals surface area contributed by atoms with Gasteiger partial charge in [0.1, 0.15) is 11.9 Å². The summed E-state index contributed by atoms with van der Waals surface area (Å²) in [6.45, 7) is 4.93. The fraction of sp³-hybridized carbons (Fsp3) is 0.478. The van der Waals surface area contributed by atoms with Crippen LogP contribution in [0, 0.1) is 0 Å². The molecule has 0 bridgehead atoms. The zero-order chi connectivity index (χ0) is 20.5. The number of carbonyl (C=O) groups is 1. The van der Waals surface area contributed by atoms with E-state index in [1.54, 1.807) is 6.20 Å². The van der Waals surface area contributed by atoms with Crippen molar-refractivity contribution in [1.29, 1.82) is 0 Å². The molecule has 1 aliphatic rings. The average molecular weight is 414 g/mol. The van der Waals surface area contributed by atoms with Crippen LogP contribution in [0.5, 0.6) is 5.75 Å². The molecule has 6 heteroatoms. The van der Waals surface area contributed by atoms with Gasteiger partial charge in [0.2, 0.25) is 0 Å². The van der Waals surface area contributed by atoms with E-state index in [2.05, 4.69) is 28.4 Å². The van der Waals surface area contributed by atoms with E-state index in [9.17, 15) is 4.79 Å². The number of aromatic nitrogens is 1. The van der Waals surface area contributed by atoms with Crippen molar-refractivity contribution in [2.75, 3.05) is 25.1 Å². The number of pyridine rings is 1. The quantitative estimate of drug-likeness (QED) is 0.673. The molecule has 1 unspecified atom stereocenters. The molecule has 0 aliphatic carbocycles. The Morgan fingerprint density at radius 2 is 2.00 bits per heavy atom. The van der Waals surface area contributed by atoms with Crippen LogP contribution in [0.1, 0.15) is 42.2 Å². The second-order valence-electron chi connectivity index (χ2n) is 7.51. The molecule has 2 heterocycles. The lowest BCUT2D eigenvalue weighted by Crippen LogP contribution is -2.43. The van der Waals surface area contributed by atoms with E-state index in [4.69, 9.17) is 4.74 Å². The number of amides is 1. The molecular formula is C23H31N3O2S. The molecule has 0 saturated carbocycles. The Morgan fingerprint density at radius 1 is 1.24 bits per heavy atom. The van der Waals surface area contributed by atoms with Crippen LogP contribution in [0.4, 0.5) is 0 Å². The van der Waals surface area contributed by atoms with Gasteiger partial charge in [0.25, 0.3) is 5.91 Å². The molecule has 1 saturated heterocycles. The molecule has 1 aliphatic heterocycles. The Kier molecular flexibility index (Phi) is 8.38. The number of nitrogens with zero attached hydrogens (tertiary/aromatic N) is 2. The van der Waals surface area contributed by atoms with Crippen LogP contribution in [-0.2, 0) is 6.54 Å². The maximum atomic E-state index is 12.3. The molecule has 156 valence electrons. The standard InChI is InChI=1S/C23H31N3O2S/c1-18(12-16-29-2)26-14-10-22(11-15-26)28-21-8-6-19(7-9-21)23(27)25-17-20-5-3-4-13-24-20/h3-9,13,18,22H,10-12,14-17H2,1-2H3,(H,25,27). The summed E-state index contributed by atoms with van der Waals surface area (Å²) in [5.41, 5.74) is 1.47. The molecular weight excluding hydrogens is 382 g/mol. The fourth-order valence-electron chi connectivity index (χ4n) is 3.56. The van der Waals surface area contributed by atoms with Crippen molar-refractivity contribution in [3.05, 3.63) is 59.9 Å². The monoisotopic (exact) mass is 413 g/mol. The van der Waals surface area contributed by atoms with Gasteiger partial charge in [-0.2, -0.15) is 11.8 Å². The van der Waals surface area contributed by atoms with E-state index in [1.807, 2.05) is 54.2 Å². The number of ether oxygens (including phenoxy) is 1. The van der Waals surface area contributed by atoms with Gasteiger partial charge in [-0.25, -0.2) is 0 Å². The molecule has 0 spiro atoms. The van der Waals surface area contributed by atoms with Gasteiger partial charge in [0, 0.05) is 30.9 Å². The van der Waals surface area contributed by atoms with Gasteiger partial charge >= 0.3 is 0 Å². The van der Waals surface area contributed by atoms with E-state index in [0.717, 1.165) is 37.4 Å². The molecule has 1 aromatic heterocycles. The van der Waals surface area contributed by atoms with Crippen LogP contribution < -0.4 is 10.1 Å². The highest BCUT2D eigenvalue weighted by Gasteiger charge is 2.23. The zero-order valence-electron chi connectivity index (χ0n) is 17.3. The van der Waals surface area contributed by atoms with Crippen molar-refractivity contribution < 1.29 is 9.53 Å². The minimum absolute atomic E-state index is 0.102. The lowest BCUT2D eigenvalue weighted by molar-refractivity contribution is 0.0791. The van der Waals surface area contributed by atoms with Crippen molar-refractivity contribution in [2.45, 2.75) is 44.9 Å². The van der Waals surface area contributed by atoms with Crippen molar-refractivity contribution in [2.24, 2.45) is 0 Å². The van der Waals surface area contributed by atoms with E-state index in [-0.39, 0.29) is 12.0 Å². The Morgan fingerprint density at radius 3 is 2.66 bits per heavy atom. The third-order valence-electron chi connectivity index (χ3n) is 5.42. The normalized spacial score (nSPS) is 16.3. The number of hydrogen-bond donors (Lipinski definition) is 1. The van der Waals surface area contributed by atoms with E-state index < -0.39 is 0 Å². The number of rotatable bonds is 9. The lowest BCUT2D eigenvalue weighted by Gasteiger charge is -2.36. The molecule has 5 nitrogen and oxygen atoms in total. The predicted octanol–water partition coefficient (Wildman–Crippen LogP) is 4.00. The summed E-state index contributed by atoms with van der Waals surface area (Å²) in [4.78, 5) is 19.1. The zero-order valence-corrected chi connectivity index (χ0v) is 18.2. The summed E-state index contributed by atoms with van der Waals surface area (Å²) in [7, 11) is 0. The molecule has 1 aromatic carbocycles. The first kappa shape index (κ1) is 21.7. The highest BCUT2D eigenvalue weighted by Crippen LogP contribution is 2.21. The third-order valence-corrected chi connectivity index (χ3v) is 6.06. The van der Waals surface area contributed by atoms with Crippen molar-refractivity contribution >= 4 is 17.7 Å². The second kappa shape index (κ2) is 11.2. The first-order valence-corrected chi connectivity index (χ1v) is 11.7. The highest BCUT2D eigenvalue weighted by molar-refractivity contribution is 7.98. The Labute approximate surface area is 178 Å². The fourth-order valence-corrected chi connectivity index (χ4v) is 4.14. The van der Waals surface area contributed by atoms with Crippen LogP contribution in [-0.4, -0.2) is 53.0 Å². The van der Waals surface area contributed by atoms with Crippen LogP contribution in [0.2, 0.25) is 0 Å². The van der Waals surface area contributed by atoms with Crippen molar-refractivity contribution in [3.63, 3.8) is 0 Å². The van der Waals surface area contributed by atoms with Gasteiger partial charge in [0.15, 0.2) is 0 Å². The van der Waals surface area contributed by atoms with Crippen LogP contribution in [0.3, 0.4) is 0 Å². The van der Waals surface area contributed by atoms with Crippen LogP contribution in [0.15, 0.2) is 48.7 Å². The first-order chi connectivity index (χ1) is 14.2. The van der Waals surface area contributed by atoms with E-state index >= 15 is 0 Å².